The first-order valence-corrected chi connectivity index (χ1v) is 4.82. The lowest BCUT2D eigenvalue weighted by Gasteiger charge is -2.15. The fourth-order valence-corrected chi connectivity index (χ4v) is 1.21. The summed E-state index contributed by atoms with van der Waals surface area (Å²) in [6.07, 6.45) is 1.60. The third-order valence-corrected chi connectivity index (χ3v) is 1.81. The van der Waals surface area contributed by atoms with Crippen molar-refractivity contribution in [3.05, 3.63) is 0 Å². The van der Waals surface area contributed by atoms with Crippen molar-refractivity contribution >= 4 is 17.3 Å². The third-order valence-electron chi connectivity index (χ3n) is 1.55. The highest BCUT2D eigenvalue weighted by Crippen LogP contribution is 1.94. The van der Waals surface area contributed by atoms with Crippen LogP contribution >= 0.6 is 12.2 Å². The number of nitrogens with one attached hydrogen (secondary N) is 2. The van der Waals surface area contributed by atoms with Gasteiger partial charge in [0.05, 0.1) is 0 Å². The van der Waals surface area contributed by atoms with Gasteiger partial charge in [-0.1, -0.05) is 0 Å². The maximum Gasteiger partial charge on any atom is 0.166 e. The highest BCUT2D eigenvalue weighted by molar-refractivity contribution is 7.80. The van der Waals surface area contributed by atoms with Crippen LogP contribution in [0.4, 0.5) is 4.39 Å². The van der Waals surface area contributed by atoms with E-state index in [9.17, 15) is 4.39 Å². The molecule has 0 aliphatic rings. The number of thiocarbonyl (C=S) groups is 1. The molecular formula is C8H17FN2OS. The molecule has 0 fully saturated rings. The molecule has 0 heterocycles. The number of halogens is 1. The van der Waals surface area contributed by atoms with Crippen LogP contribution in [0.15, 0.2) is 0 Å². The normalized spacial score (nSPS) is 12.2. The van der Waals surface area contributed by atoms with Gasteiger partial charge in [-0.05, 0) is 32.0 Å². The Morgan fingerprint density at radius 3 is 2.85 bits per heavy atom. The van der Waals surface area contributed by atoms with Crippen LogP contribution in [-0.2, 0) is 0 Å². The molecule has 0 aromatic carbocycles. The fourth-order valence-electron chi connectivity index (χ4n) is 0.905. The second-order valence-electron chi connectivity index (χ2n) is 2.86. The third kappa shape index (κ3) is 7.93. The first-order valence-electron chi connectivity index (χ1n) is 4.42. The Labute approximate surface area is 83.7 Å². The Morgan fingerprint density at radius 1 is 1.62 bits per heavy atom. The van der Waals surface area contributed by atoms with Gasteiger partial charge < -0.3 is 15.7 Å². The van der Waals surface area contributed by atoms with E-state index in [1.807, 2.05) is 6.92 Å². The van der Waals surface area contributed by atoms with Crippen molar-refractivity contribution in [2.24, 2.45) is 0 Å². The number of alkyl halides is 1. The topological polar surface area (TPSA) is 44.3 Å². The molecule has 13 heavy (non-hydrogen) atoms. The maximum atomic E-state index is 11.7. The summed E-state index contributed by atoms with van der Waals surface area (Å²) < 4.78 is 11.7. The van der Waals surface area contributed by atoms with E-state index in [0.717, 1.165) is 12.8 Å². The van der Waals surface area contributed by atoms with Gasteiger partial charge >= 0.3 is 0 Å². The van der Waals surface area contributed by atoms with E-state index in [2.05, 4.69) is 10.6 Å². The van der Waals surface area contributed by atoms with Crippen LogP contribution in [0.25, 0.3) is 0 Å². The van der Waals surface area contributed by atoms with Crippen molar-refractivity contribution < 1.29 is 9.50 Å². The molecule has 0 spiro atoms. The molecule has 0 aliphatic heterocycles. The van der Waals surface area contributed by atoms with Crippen LogP contribution in [0.3, 0.4) is 0 Å². The Bertz CT molecular complexity index is 146. The van der Waals surface area contributed by atoms with Crippen LogP contribution in [0.5, 0.6) is 0 Å². The van der Waals surface area contributed by atoms with Crippen LogP contribution in [-0.4, -0.2) is 36.1 Å². The molecule has 0 aromatic rings. The summed E-state index contributed by atoms with van der Waals surface area (Å²) in [6.45, 7) is 1.99. The Kier molecular flexibility index (Phi) is 7.93. The SMILES string of the molecule is CC(CCCO)NC(=S)NCCF. The van der Waals surface area contributed by atoms with Gasteiger partial charge in [0.2, 0.25) is 0 Å². The Morgan fingerprint density at radius 2 is 2.31 bits per heavy atom. The van der Waals surface area contributed by atoms with Crippen LogP contribution in [0.1, 0.15) is 19.8 Å². The number of hydrogen-bond acceptors (Lipinski definition) is 2. The fraction of sp³-hybridized carbons (Fsp3) is 0.875. The van der Waals surface area contributed by atoms with Crippen LogP contribution < -0.4 is 10.6 Å². The molecular weight excluding hydrogens is 191 g/mol. The molecule has 3 nitrogen and oxygen atoms in total. The van der Waals surface area contributed by atoms with E-state index < -0.39 is 6.67 Å². The predicted octanol–water partition coefficient (Wildman–Crippen LogP) is 0.581. The van der Waals surface area contributed by atoms with Gasteiger partial charge in [0.25, 0.3) is 0 Å². The molecule has 0 saturated carbocycles. The molecule has 0 aliphatic carbocycles. The predicted molar refractivity (Wildman–Crippen MR) is 55.5 cm³/mol. The number of aliphatic hydroxyl groups excluding tert-OH is 1. The average Bonchev–Trinajstić information content (AvgIpc) is 2.11. The van der Waals surface area contributed by atoms with E-state index in [1.54, 1.807) is 0 Å². The highest BCUT2D eigenvalue weighted by atomic mass is 32.1. The van der Waals surface area contributed by atoms with Crippen LogP contribution in [0, 0.1) is 0 Å². The Hall–Kier alpha value is -0.420. The lowest BCUT2D eigenvalue weighted by Crippen LogP contribution is -2.41. The molecule has 3 N–H and O–H groups in total. The smallest absolute Gasteiger partial charge is 0.166 e. The zero-order chi connectivity index (χ0) is 10.1. The van der Waals surface area contributed by atoms with Crippen molar-refractivity contribution in [2.75, 3.05) is 19.8 Å². The van der Waals surface area contributed by atoms with Gasteiger partial charge in [-0.15, -0.1) is 0 Å². The molecule has 0 bridgehead atoms. The monoisotopic (exact) mass is 208 g/mol. The number of aliphatic hydroxyl groups is 1. The molecule has 0 saturated heterocycles. The second-order valence-corrected chi connectivity index (χ2v) is 3.26. The lowest BCUT2D eigenvalue weighted by atomic mass is 10.2. The van der Waals surface area contributed by atoms with Crippen molar-refractivity contribution in [2.45, 2.75) is 25.8 Å². The van der Waals surface area contributed by atoms with Gasteiger partial charge in [-0.2, -0.15) is 0 Å². The van der Waals surface area contributed by atoms with E-state index in [1.165, 1.54) is 0 Å². The summed E-state index contributed by atoms with van der Waals surface area (Å²) >= 11 is 4.89. The average molecular weight is 208 g/mol. The molecule has 0 radical (unpaired) electrons. The van der Waals surface area contributed by atoms with Gasteiger partial charge in [0.1, 0.15) is 6.67 Å². The summed E-state index contributed by atoms with van der Waals surface area (Å²) in [6, 6.07) is 0.215. The summed E-state index contributed by atoms with van der Waals surface area (Å²) in [7, 11) is 0. The van der Waals surface area contributed by atoms with E-state index in [4.69, 9.17) is 17.3 Å². The van der Waals surface area contributed by atoms with Gasteiger partial charge in [0, 0.05) is 19.2 Å². The molecule has 78 valence electrons. The minimum Gasteiger partial charge on any atom is -0.396 e. The van der Waals surface area contributed by atoms with Crippen molar-refractivity contribution in [3.63, 3.8) is 0 Å². The minimum absolute atomic E-state index is 0.191. The maximum absolute atomic E-state index is 11.7. The Balaban J connectivity index is 3.41. The molecule has 0 rings (SSSR count). The van der Waals surface area contributed by atoms with Gasteiger partial charge in [-0.3, -0.25) is 0 Å². The zero-order valence-electron chi connectivity index (χ0n) is 7.85. The lowest BCUT2D eigenvalue weighted by molar-refractivity contribution is 0.279. The summed E-state index contributed by atoms with van der Waals surface area (Å²) in [5, 5.41) is 14.8. The summed E-state index contributed by atoms with van der Waals surface area (Å²) in [5.74, 6) is 0. The van der Waals surface area contributed by atoms with Crippen molar-refractivity contribution in [3.8, 4) is 0 Å². The van der Waals surface area contributed by atoms with E-state index in [-0.39, 0.29) is 19.2 Å². The van der Waals surface area contributed by atoms with Crippen molar-refractivity contribution in [1.82, 2.24) is 10.6 Å². The molecule has 1 unspecified atom stereocenters. The van der Waals surface area contributed by atoms with E-state index in [0.29, 0.717) is 5.11 Å². The first-order chi connectivity index (χ1) is 6.20. The second kappa shape index (κ2) is 8.19. The van der Waals surface area contributed by atoms with Crippen LogP contribution in [0.2, 0.25) is 0 Å². The largest absolute Gasteiger partial charge is 0.396 e. The van der Waals surface area contributed by atoms with Crippen molar-refractivity contribution in [1.29, 1.82) is 0 Å². The van der Waals surface area contributed by atoms with E-state index >= 15 is 0 Å². The van der Waals surface area contributed by atoms with Gasteiger partial charge in [0.15, 0.2) is 5.11 Å². The van der Waals surface area contributed by atoms with Gasteiger partial charge in [-0.25, -0.2) is 4.39 Å². The minimum atomic E-state index is -0.424. The summed E-state index contributed by atoms with van der Waals surface area (Å²) in [4.78, 5) is 0. The summed E-state index contributed by atoms with van der Waals surface area (Å²) in [5.41, 5.74) is 0. The number of hydrogen-bond donors (Lipinski definition) is 3. The first kappa shape index (κ1) is 12.6. The zero-order valence-corrected chi connectivity index (χ0v) is 8.66. The molecule has 1 atom stereocenters. The quantitative estimate of drug-likeness (QED) is 0.559. The molecule has 0 aromatic heterocycles. The highest BCUT2D eigenvalue weighted by Gasteiger charge is 2.02. The standard InChI is InChI=1S/C8H17FN2OS/c1-7(3-2-6-12)11-8(13)10-5-4-9/h7,12H,2-6H2,1H3,(H2,10,11,13). The molecule has 5 heteroatoms. The molecule has 0 amide bonds. The number of rotatable bonds is 6.